The Balaban J connectivity index is 1.99. The molecule has 1 fully saturated rings. The number of rotatable bonds is 1. The van der Waals surface area contributed by atoms with Crippen LogP contribution >= 0.6 is 11.3 Å². The Bertz CT molecular complexity index is 360. The molecule has 2 atom stereocenters. The highest BCUT2D eigenvalue weighted by Crippen LogP contribution is 2.56. The molecule has 1 aromatic rings. The van der Waals surface area contributed by atoms with Crippen molar-refractivity contribution in [3.8, 4) is 0 Å². The van der Waals surface area contributed by atoms with Gasteiger partial charge in [-0.05, 0) is 37.5 Å². The second-order valence-electron chi connectivity index (χ2n) is 4.45. The summed E-state index contributed by atoms with van der Waals surface area (Å²) in [6, 6.07) is 2.86. The van der Waals surface area contributed by atoms with Gasteiger partial charge >= 0.3 is 0 Å². The zero-order chi connectivity index (χ0) is 9.76. The summed E-state index contributed by atoms with van der Waals surface area (Å²) in [5.41, 5.74) is 1.59. The summed E-state index contributed by atoms with van der Waals surface area (Å²) in [6.45, 7) is 0.897. The smallest absolute Gasteiger partial charge is 0.120 e. The van der Waals surface area contributed by atoms with Gasteiger partial charge in [-0.2, -0.15) is 0 Å². The standard InChI is InChI=1S/C11H15NOS/c1-12(2)9-7-11(9)10-8(3-5-13-11)4-6-14-10/h4,6,9H,3,5,7H2,1-2H3. The van der Waals surface area contributed by atoms with E-state index in [9.17, 15) is 0 Å². The summed E-state index contributed by atoms with van der Waals surface area (Å²) in [4.78, 5) is 3.77. The van der Waals surface area contributed by atoms with Crippen LogP contribution < -0.4 is 0 Å². The van der Waals surface area contributed by atoms with Crippen molar-refractivity contribution in [2.24, 2.45) is 0 Å². The van der Waals surface area contributed by atoms with Crippen LogP contribution in [0.3, 0.4) is 0 Å². The van der Waals surface area contributed by atoms with Crippen molar-refractivity contribution in [1.82, 2.24) is 4.90 Å². The van der Waals surface area contributed by atoms with E-state index in [-0.39, 0.29) is 5.60 Å². The minimum atomic E-state index is 0.0747. The molecule has 76 valence electrons. The van der Waals surface area contributed by atoms with Crippen molar-refractivity contribution in [1.29, 1.82) is 0 Å². The third-order valence-corrected chi connectivity index (χ3v) is 4.48. The maximum Gasteiger partial charge on any atom is 0.120 e. The predicted molar refractivity (Wildman–Crippen MR) is 57.7 cm³/mol. The molecule has 14 heavy (non-hydrogen) atoms. The molecule has 1 saturated carbocycles. The van der Waals surface area contributed by atoms with Crippen molar-refractivity contribution in [2.45, 2.75) is 24.5 Å². The lowest BCUT2D eigenvalue weighted by Gasteiger charge is -2.25. The van der Waals surface area contributed by atoms with E-state index in [1.165, 1.54) is 16.9 Å². The molecule has 2 aliphatic rings. The van der Waals surface area contributed by atoms with Gasteiger partial charge in [0.15, 0.2) is 0 Å². The van der Waals surface area contributed by atoms with Gasteiger partial charge in [-0.1, -0.05) is 0 Å². The van der Waals surface area contributed by atoms with Gasteiger partial charge < -0.3 is 9.64 Å². The Morgan fingerprint density at radius 2 is 2.43 bits per heavy atom. The van der Waals surface area contributed by atoms with Crippen molar-refractivity contribution in [2.75, 3.05) is 20.7 Å². The maximum absolute atomic E-state index is 6.00. The summed E-state index contributed by atoms with van der Waals surface area (Å²) >= 11 is 1.86. The third kappa shape index (κ3) is 1.03. The zero-order valence-electron chi connectivity index (χ0n) is 8.62. The van der Waals surface area contributed by atoms with E-state index in [2.05, 4.69) is 30.4 Å². The number of thiophene rings is 1. The molecule has 3 heteroatoms. The summed E-state index contributed by atoms with van der Waals surface area (Å²) in [6.07, 6.45) is 2.27. The van der Waals surface area contributed by atoms with Crippen LogP contribution in [0.25, 0.3) is 0 Å². The molecule has 2 nitrogen and oxygen atoms in total. The normalized spacial score (nSPS) is 34.9. The quantitative estimate of drug-likeness (QED) is 0.700. The Labute approximate surface area is 88.5 Å². The molecule has 0 saturated heterocycles. The molecule has 0 amide bonds. The zero-order valence-corrected chi connectivity index (χ0v) is 9.43. The van der Waals surface area contributed by atoms with Crippen LogP contribution in [0.2, 0.25) is 0 Å². The highest BCUT2D eigenvalue weighted by molar-refractivity contribution is 7.10. The van der Waals surface area contributed by atoms with Crippen molar-refractivity contribution in [3.05, 3.63) is 21.9 Å². The van der Waals surface area contributed by atoms with Gasteiger partial charge in [-0.25, -0.2) is 0 Å². The predicted octanol–water partition coefficient (Wildman–Crippen LogP) is 1.85. The molecule has 0 radical (unpaired) electrons. The van der Waals surface area contributed by atoms with Gasteiger partial charge in [0.2, 0.25) is 0 Å². The van der Waals surface area contributed by atoms with Crippen LogP contribution in [-0.2, 0) is 16.8 Å². The SMILES string of the molecule is CN(C)C1CC12OCCc1ccsc12. The molecule has 1 aliphatic carbocycles. The van der Waals surface area contributed by atoms with Gasteiger partial charge in [0, 0.05) is 17.3 Å². The lowest BCUT2D eigenvalue weighted by atomic mass is 10.1. The molecule has 2 heterocycles. The molecule has 1 aromatic heterocycles. The van der Waals surface area contributed by atoms with Crippen LogP contribution in [0.4, 0.5) is 0 Å². The van der Waals surface area contributed by atoms with E-state index >= 15 is 0 Å². The minimum Gasteiger partial charge on any atom is -0.367 e. The molecule has 0 bridgehead atoms. The summed E-state index contributed by atoms with van der Waals surface area (Å²) in [7, 11) is 4.29. The number of hydrogen-bond donors (Lipinski definition) is 0. The van der Waals surface area contributed by atoms with Crippen LogP contribution in [-0.4, -0.2) is 31.6 Å². The highest BCUT2D eigenvalue weighted by atomic mass is 32.1. The molecule has 1 spiro atoms. The van der Waals surface area contributed by atoms with Crippen molar-refractivity contribution < 1.29 is 4.74 Å². The first kappa shape index (κ1) is 8.89. The molecular formula is C11H15NOS. The Hall–Kier alpha value is -0.380. The summed E-state index contributed by atoms with van der Waals surface area (Å²) in [5, 5.41) is 2.20. The summed E-state index contributed by atoms with van der Waals surface area (Å²) in [5.74, 6) is 0. The number of ether oxygens (including phenoxy) is 1. The number of hydrogen-bond acceptors (Lipinski definition) is 3. The fourth-order valence-corrected chi connectivity index (χ4v) is 3.71. The average molecular weight is 209 g/mol. The number of nitrogens with zero attached hydrogens (tertiary/aromatic N) is 1. The maximum atomic E-state index is 6.00. The van der Waals surface area contributed by atoms with Crippen LogP contribution in [0.1, 0.15) is 16.9 Å². The largest absolute Gasteiger partial charge is 0.367 e. The lowest BCUT2D eigenvalue weighted by molar-refractivity contribution is 0.00527. The second kappa shape index (κ2) is 2.81. The van der Waals surface area contributed by atoms with Gasteiger partial charge in [0.1, 0.15) is 5.60 Å². The van der Waals surface area contributed by atoms with Gasteiger partial charge in [0.25, 0.3) is 0 Å². The number of fused-ring (bicyclic) bond motifs is 2. The second-order valence-corrected chi connectivity index (χ2v) is 5.36. The van der Waals surface area contributed by atoms with Crippen LogP contribution in [0, 0.1) is 0 Å². The highest BCUT2D eigenvalue weighted by Gasteiger charge is 2.60. The average Bonchev–Trinajstić information content (AvgIpc) is 2.67. The van der Waals surface area contributed by atoms with E-state index < -0.39 is 0 Å². The lowest BCUT2D eigenvalue weighted by Crippen LogP contribution is -2.30. The Kier molecular flexibility index (Phi) is 1.79. The Morgan fingerprint density at radius 3 is 3.14 bits per heavy atom. The van der Waals surface area contributed by atoms with E-state index in [1.54, 1.807) is 0 Å². The third-order valence-electron chi connectivity index (χ3n) is 3.36. The van der Waals surface area contributed by atoms with E-state index in [0.717, 1.165) is 13.0 Å². The van der Waals surface area contributed by atoms with E-state index in [4.69, 9.17) is 4.74 Å². The van der Waals surface area contributed by atoms with Crippen LogP contribution in [0.15, 0.2) is 11.4 Å². The molecule has 0 N–H and O–H groups in total. The van der Waals surface area contributed by atoms with E-state index in [0.29, 0.717) is 6.04 Å². The first-order valence-corrected chi connectivity index (χ1v) is 5.99. The number of likely N-dealkylation sites (N-methyl/N-ethyl adjacent to an activating group) is 1. The van der Waals surface area contributed by atoms with E-state index in [1.807, 2.05) is 11.3 Å². The van der Waals surface area contributed by atoms with Crippen LogP contribution in [0.5, 0.6) is 0 Å². The minimum absolute atomic E-state index is 0.0747. The first-order valence-electron chi connectivity index (χ1n) is 5.11. The fraction of sp³-hybridized carbons (Fsp3) is 0.636. The molecular weight excluding hydrogens is 194 g/mol. The van der Waals surface area contributed by atoms with Gasteiger partial charge in [0.05, 0.1) is 6.61 Å². The Morgan fingerprint density at radius 1 is 1.57 bits per heavy atom. The topological polar surface area (TPSA) is 12.5 Å². The first-order chi connectivity index (χ1) is 6.74. The summed E-state index contributed by atoms with van der Waals surface area (Å²) < 4.78 is 6.00. The molecule has 3 rings (SSSR count). The van der Waals surface area contributed by atoms with Crippen molar-refractivity contribution in [3.63, 3.8) is 0 Å². The van der Waals surface area contributed by atoms with Gasteiger partial charge in [-0.15, -0.1) is 11.3 Å². The molecule has 1 aliphatic heterocycles. The monoisotopic (exact) mass is 209 g/mol. The molecule has 0 aromatic carbocycles. The molecule has 2 unspecified atom stereocenters. The van der Waals surface area contributed by atoms with Gasteiger partial charge in [-0.3, -0.25) is 0 Å². The fourth-order valence-electron chi connectivity index (χ4n) is 2.54. The van der Waals surface area contributed by atoms with Crippen molar-refractivity contribution >= 4 is 11.3 Å².